The van der Waals surface area contributed by atoms with Crippen molar-refractivity contribution in [2.75, 3.05) is 45.3 Å². The molecule has 0 bridgehead atoms. The maximum absolute atomic E-state index is 12.7. The maximum atomic E-state index is 12.7. The summed E-state index contributed by atoms with van der Waals surface area (Å²) in [6.45, 7) is 2.79. The van der Waals surface area contributed by atoms with Gasteiger partial charge in [0.2, 0.25) is 0 Å². The lowest BCUT2D eigenvalue weighted by atomic mass is 10.1. The third kappa shape index (κ3) is 3.79. The molecule has 1 amide bonds. The van der Waals surface area contributed by atoms with Crippen LogP contribution in [-0.2, 0) is 0 Å². The Morgan fingerprint density at radius 2 is 1.76 bits per heavy atom. The number of ether oxygens (including phenoxy) is 2. The lowest BCUT2D eigenvalue weighted by Crippen LogP contribution is -2.48. The zero-order valence-electron chi connectivity index (χ0n) is 14.2. The van der Waals surface area contributed by atoms with Gasteiger partial charge < -0.3 is 19.3 Å². The van der Waals surface area contributed by atoms with Crippen LogP contribution in [0.4, 0.5) is 5.69 Å². The van der Waals surface area contributed by atoms with Gasteiger partial charge in [-0.3, -0.25) is 4.79 Å². The molecule has 1 aliphatic rings. The van der Waals surface area contributed by atoms with Crippen molar-refractivity contribution < 1.29 is 14.3 Å². The van der Waals surface area contributed by atoms with Crippen LogP contribution in [0.5, 0.6) is 11.5 Å². The average Bonchev–Trinajstić information content (AvgIpc) is 2.67. The minimum atomic E-state index is -0.00614. The van der Waals surface area contributed by atoms with E-state index in [9.17, 15) is 4.79 Å². The largest absolute Gasteiger partial charge is 0.493 e. The highest BCUT2D eigenvalue weighted by molar-refractivity contribution is 6.29. The predicted molar refractivity (Wildman–Crippen MR) is 96.9 cm³/mol. The number of piperazine rings is 1. The summed E-state index contributed by atoms with van der Waals surface area (Å²) in [5.41, 5.74) is 1.62. The monoisotopic (exact) mass is 361 g/mol. The standard InChI is InChI=1S/C18H20ClN3O3/c1-24-15-4-3-13(11-16(15)25-2)18(23)22-9-7-21(8-10-22)14-5-6-20-17(19)12-14/h3-6,11-12H,7-10H2,1-2H3. The van der Waals surface area contributed by atoms with E-state index in [1.165, 1.54) is 0 Å². The summed E-state index contributed by atoms with van der Waals surface area (Å²) in [6, 6.07) is 9.00. The van der Waals surface area contributed by atoms with Crippen LogP contribution >= 0.6 is 11.6 Å². The zero-order valence-corrected chi connectivity index (χ0v) is 15.0. The highest BCUT2D eigenvalue weighted by Gasteiger charge is 2.23. The zero-order chi connectivity index (χ0) is 17.8. The first-order valence-electron chi connectivity index (χ1n) is 8.00. The number of pyridine rings is 1. The molecule has 0 unspecified atom stereocenters. The molecule has 0 aliphatic carbocycles. The molecule has 1 aliphatic heterocycles. The average molecular weight is 362 g/mol. The van der Waals surface area contributed by atoms with E-state index in [1.54, 1.807) is 38.6 Å². The molecule has 1 fully saturated rings. The predicted octanol–water partition coefficient (Wildman–Crippen LogP) is 2.71. The van der Waals surface area contributed by atoms with Crippen LogP contribution in [0.25, 0.3) is 0 Å². The van der Waals surface area contributed by atoms with Crippen LogP contribution < -0.4 is 14.4 Å². The van der Waals surface area contributed by atoms with E-state index in [-0.39, 0.29) is 5.91 Å². The van der Waals surface area contributed by atoms with Crippen molar-refractivity contribution in [3.8, 4) is 11.5 Å². The van der Waals surface area contributed by atoms with E-state index in [1.807, 2.05) is 17.0 Å². The number of anilines is 1. The third-order valence-electron chi connectivity index (χ3n) is 4.27. The van der Waals surface area contributed by atoms with Crippen molar-refractivity contribution in [1.82, 2.24) is 9.88 Å². The number of rotatable bonds is 4. The SMILES string of the molecule is COc1ccc(C(=O)N2CCN(c3ccnc(Cl)c3)CC2)cc1OC. The van der Waals surface area contributed by atoms with Crippen molar-refractivity contribution in [2.45, 2.75) is 0 Å². The Bertz CT molecular complexity index is 761. The number of carbonyl (C=O) groups excluding carboxylic acids is 1. The molecular formula is C18H20ClN3O3. The van der Waals surface area contributed by atoms with Crippen molar-refractivity contribution in [1.29, 1.82) is 0 Å². The van der Waals surface area contributed by atoms with Crippen LogP contribution in [0.2, 0.25) is 5.15 Å². The highest BCUT2D eigenvalue weighted by Crippen LogP contribution is 2.28. The normalized spacial score (nSPS) is 14.4. The molecule has 2 aromatic rings. The van der Waals surface area contributed by atoms with E-state index >= 15 is 0 Å². The van der Waals surface area contributed by atoms with E-state index in [4.69, 9.17) is 21.1 Å². The fraction of sp³-hybridized carbons (Fsp3) is 0.333. The van der Waals surface area contributed by atoms with Crippen LogP contribution in [0.1, 0.15) is 10.4 Å². The number of benzene rings is 1. The molecule has 0 atom stereocenters. The Morgan fingerprint density at radius 3 is 2.40 bits per heavy atom. The van der Waals surface area contributed by atoms with Gasteiger partial charge in [-0.25, -0.2) is 4.98 Å². The first kappa shape index (κ1) is 17.4. The van der Waals surface area contributed by atoms with Gasteiger partial charge in [-0.1, -0.05) is 11.6 Å². The van der Waals surface area contributed by atoms with Crippen LogP contribution in [0.3, 0.4) is 0 Å². The summed E-state index contributed by atoms with van der Waals surface area (Å²) < 4.78 is 10.5. The number of nitrogens with zero attached hydrogens (tertiary/aromatic N) is 3. The van der Waals surface area contributed by atoms with Gasteiger partial charge >= 0.3 is 0 Å². The van der Waals surface area contributed by atoms with Gasteiger partial charge in [0.05, 0.1) is 14.2 Å². The van der Waals surface area contributed by atoms with Crippen LogP contribution in [0.15, 0.2) is 36.5 Å². The Hall–Kier alpha value is -2.47. The Balaban J connectivity index is 1.67. The molecule has 2 heterocycles. The summed E-state index contributed by atoms with van der Waals surface area (Å²) >= 11 is 5.95. The van der Waals surface area contributed by atoms with Gasteiger partial charge in [-0.15, -0.1) is 0 Å². The molecule has 0 spiro atoms. The number of hydrogen-bond acceptors (Lipinski definition) is 5. The first-order chi connectivity index (χ1) is 12.1. The molecule has 0 saturated carbocycles. The Kier molecular flexibility index (Phi) is 5.28. The van der Waals surface area contributed by atoms with Gasteiger partial charge in [0.1, 0.15) is 5.15 Å². The maximum Gasteiger partial charge on any atom is 0.254 e. The molecule has 6 nitrogen and oxygen atoms in total. The fourth-order valence-electron chi connectivity index (χ4n) is 2.91. The third-order valence-corrected chi connectivity index (χ3v) is 4.48. The van der Waals surface area contributed by atoms with E-state index < -0.39 is 0 Å². The molecule has 1 aromatic heterocycles. The Labute approximate surface area is 151 Å². The quantitative estimate of drug-likeness (QED) is 0.784. The van der Waals surface area contributed by atoms with Gasteiger partial charge in [0, 0.05) is 43.6 Å². The number of aromatic nitrogens is 1. The van der Waals surface area contributed by atoms with E-state index in [0.717, 1.165) is 18.8 Å². The van der Waals surface area contributed by atoms with Gasteiger partial charge in [0.25, 0.3) is 5.91 Å². The molecular weight excluding hydrogens is 342 g/mol. The molecule has 3 rings (SSSR count). The number of amides is 1. The molecule has 132 valence electrons. The van der Waals surface area contributed by atoms with Crippen molar-refractivity contribution in [3.63, 3.8) is 0 Å². The molecule has 0 radical (unpaired) electrons. The highest BCUT2D eigenvalue weighted by atomic mass is 35.5. The smallest absolute Gasteiger partial charge is 0.254 e. The Morgan fingerprint density at radius 1 is 1.04 bits per heavy atom. The summed E-state index contributed by atoms with van der Waals surface area (Å²) in [5.74, 6) is 1.16. The summed E-state index contributed by atoms with van der Waals surface area (Å²) in [4.78, 5) is 20.8. The minimum absolute atomic E-state index is 0.00614. The second-order valence-corrected chi connectivity index (χ2v) is 6.07. The first-order valence-corrected chi connectivity index (χ1v) is 8.38. The number of hydrogen-bond donors (Lipinski definition) is 0. The molecule has 25 heavy (non-hydrogen) atoms. The second kappa shape index (κ2) is 7.61. The molecule has 7 heteroatoms. The molecule has 1 aromatic carbocycles. The van der Waals surface area contributed by atoms with Crippen molar-refractivity contribution in [3.05, 3.63) is 47.2 Å². The minimum Gasteiger partial charge on any atom is -0.493 e. The number of methoxy groups -OCH3 is 2. The summed E-state index contributed by atoms with van der Waals surface area (Å²) in [7, 11) is 3.13. The van der Waals surface area contributed by atoms with E-state index in [2.05, 4.69) is 9.88 Å². The lowest BCUT2D eigenvalue weighted by molar-refractivity contribution is 0.0746. The summed E-state index contributed by atoms with van der Waals surface area (Å²) in [6.07, 6.45) is 1.69. The number of halogens is 1. The fourth-order valence-corrected chi connectivity index (χ4v) is 3.08. The second-order valence-electron chi connectivity index (χ2n) is 5.69. The van der Waals surface area contributed by atoms with Crippen LogP contribution in [0, 0.1) is 0 Å². The molecule has 1 saturated heterocycles. The van der Waals surface area contributed by atoms with Gasteiger partial charge in [0.15, 0.2) is 11.5 Å². The lowest BCUT2D eigenvalue weighted by Gasteiger charge is -2.36. The van der Waals surface area contributed by atoms with Crippen LogP contribution in [-0.4, -0.2) is 56.2 Å². The summed E-state index contributed by atoms with van der Waals surface area (Å²) in [5, 5.41) is 0.473. The molecule has 0 N–H and O–H groups in total. The topological polar surface area (TPSA) is 54.9 Å². The number of carbonyl (C=O) groups is 1. The van der Waals surface area contributed by atoms with Gasteiger partial charge in [-0.2, -0.15) is 0 Å². The van der Waals surface area contributed by atoms with E-state index in [0.29, 0.717) is 35.3 Å². The van der Waals surface area contributed by atoms with Gasteiger partial charge in [-0.05, 0) is 30.3 Å². The van der Waals surface area contributed by atoms with Crippen molar-refractivity contribution in [2.24, 2.45) is 0 Å². The van der Waals surface area contributed by atoms with Crippen molar-refractivity contribution >= 4 is 23.2 Å².